The molecule has 0 saturated heterocycles. The third-order valence-corrected chi connectivity index (χ3v) is 2.45. The van der Waals surface area contributed by atoms with Crippen molar-refractivity contribution in [2.75, 3.05) is 5.32 Å². The summed E-state index contributed by atoms with van der Waals surface area (Å²) in [5, 5.41) is 12.9. The summed E-state index contributed by atoms with van der Waals surface area (Å²) in [4.78, 5) is 25.3. The van der Waals surface area contributed by atoms with Gasteiger partial charge in [0.15, 0.2) is 5.76 Å². The molecule has 0 spiro atoms. The molecule has 0 unspecified atom stereocenters. The number of hydrogen-bond acceptors (Lipinski definition) is 5. The fourth-order valence-electron chi connectivity index (χ4n) is 1.19. The molecule has 0 aliphatic heterocycles. The lowest BCUT2D eigenvalue weighted by Crippen LogP contribution is -2.10. The van der Waals surface area contributed by atoms with E-state index in [4.69, 9.17) is 4.42 Å². The lowest BCUT2D eigenvalue weighted by molar-refractivity contribution is -0.402. The Bertz CT molecular complexity index is 593. The maximum Gasteiger partial charge on any atom is 0.433 e. The van der Waals surface area contributed by atoms with E-state index in [0.717, 1.165) is 6.07 Å². The van der Waals surface area contributed by atoms with E-state index in [2.05, 4.69) is 26.2 Å². The summed E-state index contributed by atoms with van der Waals surface area (Å²) in [5.74, 6) is -1.19. The van der Waals surface area contributed by atoms with Gasteiger partial charge in [-0.2, -0.15) is 0 Å². The van der Waals surface area contributed by atoms with E-state index < -0.39 is 16.7 Å². The standard InChI is InChI=1S/C10H6BrN3O4/c11-8-3-1-6(5-12-8)13-10(15)7-2-4-9(18-7)14(16)17/h1-5H,(H,13,15). The minimum absolute atomic E-state index is 0.135. The van der Waals surface area contributed by atoms with E-state index in [1.807, 2.05) is 0 Å². The van der Waals surface area contributed by atoms with Gasteiger partial charge in [0.2, 0.25) is 0 Å². The highest BCUT2D eigenvalue weighted by Gasteiger charge is 2.17. The number of aromatic nitrogens is 1. The van der Waals surface area contributed by atoms with Crippen molar-refractivity contribution >= 4 is 33.4 Å². The van der Waals surface area contributed by atoms with Crippen molar-refractivity contribution in [1.82, 2.24) is 4.98 Å². The van der Waals surface area contributed by atoms with Crippen molar-refractivity contribution in [3.63, 3.8) is 0 Å². The quantitative estimate of drug-likeness (QED) is 0.533. The average Bonchev–Trinajstić information content (AvgIpc) is 2.81. The van der Waals surface area contributed by atoms with Crippen LogP contribution in [0.25, 0.3) is 0 Å². The molecule has 0 fully saturated rings. The molecular formula is C10H6BrN3O4. The van der Waals surface area contributed by atoms with Gasteiger partial charge in [-0.3, -0.25) is 14.9 Å². The Morgan fingerprint density at radius 2 is 2.17 bits per heavy atom. The summed E-state index contributed by atoms with van der Waals surface area (Å²) >= 11 is 3.16. The maximum absolute atomic E-state index is 11.7. The average molecular weight is 312 g/mol. The number of hydrogen-bond donors (Lipinski definition) is 1. The molecule has 8 heteroatoms. The number of halogens is 1. The van der Waals surface area contributed by atoms with Crippen LogP contribution in [0.15, 0.2) is 39.5 Å². The van der Waals surface area contributed by atoms with Crippen molar-refractivity contribution in [2.45, 2.75) is 0 Å². The summed E-state index contributed by atoms with van der Waals surface area (Å²) in [6.07, 6.45) is 1.44. The van der Waals surface area contributed by atoms with Crippen LogP contribution in [0, 0.1) is 10.1 Å². The van der Waals surface area contributed by atoms with Crippen LogP contribution < -0.4 is 5.32 Å². The molecular weight excluding hydrogens is 306 g/mol. The summed E-state index contributed by atoms with van der Waals surface area (Å²) in [6.45, 7) is 0. The van der Waals surface area contributed by atoms with Gasteiger partial charge < -0.3 is 9.73 Å². The Morgan fingerprint density at radius 1 is 1.39 bits per heavy atom. The number of pyridine rings is 1. The first kappa shape index (κ1) is 12.2. The second kappa shape index (κ2) is 4.96. The Balaban J connectivity index is 2.11. The Morgan fingerprint density at radius 3 is 2.72 bits per heavy atom. The van der Waals surface area contributed by atoms with Crippen LogP contribution in [-0.4, -0.2) is 15.8 Å². The first-order chi connectivity index (χ1) is 8.56. The number of nitro groups is 1. The largest absolute Gasteiger partial charge is 0.433 e. The summed E-state index contributed by atoms with van der Waals surface area (Å²) in [7, 11) is 0. The molecule has 1 N–H and O–H groups in total. The van der Waals surface area contributed by atoms with Crippen LogP contribution in [0.2, 0.25) is 0 Å². The fourth-order valence-corrected chi connectivity index (χ4v) is 1.42. The van der Waals surface area contributed by atoms with Crippen LogP contribution >= 0.6 is 15.9 Å². The van der Waals surface area contributed by atoms with E-state index in [9.17, 15) is 14.9 Å². The molecule has 18 heavy (non-hydrogen) atoms. The normalized spacial score (nSPS) is 10.1. The monoisotopic (exact) mass is 311 g/mol. The van der Waals surface area contributed by atoms with Gasteiger partial charge in [-0.15, -0.1) is 0 Å². The second-order valence-corrected chi connectivity index (χ2v) is 4.03. The fraction of sp³-hybridized carbons (Fsp3) is 0. The molecule has 2 rings (SSSR count). The van der Waals surface area contributed by atoms with Crippen molar-refractivity contribution in [3.05, 3.63) is 50.9 Å². The smallest absolute Gasteiger partial charge is 0.395 e. The number of nitrogens with one attached hydrogen (secondary N) is 1. The molecule has 0 bridgehead atoms. The number of amides is 1. The van der Waals surface area contributed by atoms with Gasteiger partial charge in [-0.25, -0.2) is 4.98 Å². The highest BCUT2D eigenvalue weighted by Crippen LogP contribution is 2.17. The Hall–Kier alpha value is -2.22. The minimum atomic E-state index is -0.710. The van der Waals surface area contributed by atoms with Gasteiger partial charge in [0, 0.05) is 0 Å². The third kappa shape index (κ3) is 2.72. The minimum Gasteiger partial charge on any atom is -0.395 e. The van der Waals surface area contributed by atoms with E-state index in [1.54, 1.807) is 12.1 Å². The topological polar surface area (TPSA) is 98.3 Å². The molecule has 2 aromatic rings. The van der Waals surface area contributed by atoms with Gasteiger partial charge in [0.05, 0.1) is 18.0 Å². The zero-order valence-corrected chi connectivity index (χ0v) is 10.4. The Labute approximate surface area is 109 Å². The maximum atomic E-state index is 11.7. The van der Waals surface area contributed by atoms with Crippen LogP contribution in [0.1, 0.15) is 10.6 Å². The molecule has 0 aromatic carbocycles. The zero-order valence-electron chi connectivity index (χ0n) is 8.79. The molecule has 1 amide bonds. The molecule has 2 heterocycles. The van der Waals surface area contributed by atoms with Crippen LogP contribution in [-0.2, 0) is 0 Å². The molecule has 92 valence electrons. The van der Waals surface area contributed by atoms with E-state index in [0.29, 0.717) is 10.3 Å². The van der Waals surface area contributed by atoms with Gasteiger partial charge in [-0.1, -0.05) is 0 Å². The first-order valence-electron chi connectivity index (χ1n) is 4.73. The summed E-state index contributed by atoms with van der Waals surface area (Å²) < 4.78 is 5.40. The number of nitrogens with zero attached hydrogens (tertiary/aromatic N) is 2. The highest BCUT2D eigenvalue weighted by atomic mass is 79.9. The predicted molar refractivity (Wildman–Crippen MR) is 65.3 cm³/mol. The van der Waals surface area contributed by atoms with Gasteiger partial charge in [-0.05, 0) is 34.1 Å². The zero-order chi connectivity index (χ0) is 13.1. The molecule has 0 radical (unpaired) electrons. The molecule has 2 aromatic heterocycles. The number of anilines is 1. The Kier molecular flexibility index (Phi) is 3.38. The van der Waals surface area contributed by atoms with Crippen LogP contribution in [0.5, 0.6) is 0 Å². The third-order valence-electron chi connectivity index (χ3n) is 1.98. The second-order valence-electron chi connectivity index (χ2n) is 3.22. The van der Waals surface area contributed by atoms with E-state index in [-0.39, 0.29) is 5.76 Å². The predicted octanol–water partition coefficient (Wildman–Crippen LogP) is 2.60. The summed E-state index contributed by atoms with van der Waals surface area (Å²) in [6, 6.07) is 5.64. The van der Waals surface area contributed by atoms with Crippen molar-refractivity contribution in [1.29, 1.82) is 0 Å². The number of furan rings is 1. The van der Waals surface area contributed by atoms with Crippen LogP contribution in [0.3, 0.4) is 0 Å². The van der Waals surface area contributed by atoms with Gasteiger partial charge in [0.25, 0.3) is 5.91 Å². The van der Waals surface area contributed by atoms with Gasteiger partial charge in [0.1, 0.15) is 9.53 Å². The van der Waals surface area contributed by atoms with Gasteiger partial charge >= 0.3 is 5.88 Å². The summed E-state index contributed by atoms with van der Waals surface area (Å²) in [5.41, 5.74) is 0.460. The molecule has 0 aliphatic carbocycles. The number of rotatable bonds is 3. The SMILES string of the molecule is O=C(Nc1ccc(Br)nc1)c1ccc([N+](=O)[O-])o1. The van der Waals surface area contributed by atoms with Crippen molar-refractivity contribution in [3.8, 4) is 0 Å². The molecule has 0 saturated carbocycles. The highest BCUT2D eigenvalue weighted by molar-refractivity contribution is 9.10. The van der Waals surface area contributed by atoms with Crippen LogP contribution in [0.4, 0.5) is 11.6 Å². The van der Waals surface area contributed by atoms with E-state index in [1.165, 1.54) is 12.3 Å². The lowest BCUT2D eigenvalue weighted by atomic mass is 10.4. The van der Waals surface area contributed by atoms with E-state index >= 15 is 0 Å². The molecule has 0 atom stereocenters. The molecule has 0 aliphatic rings. The lowest BCUT2D eigenvalue weighted by Gasteiger charge is -2.01. The number of carbonyl (C=O) groups excluding carboxylic acids is 1. The van der Waals surface area contributed by atoms with Crippen molar-refractivity contribution in [2.24, 2.45) is 0 Å². The molecule has 7 nitrogen and oxygen atoms in total. The first-order valence-corrected chi connectivity index (χ1v) is 5.52. The van der Waals surface area contributed by atoms with Crippen molar-refractivity contribution < 1.29 is 14.1 Å². The number of carbonyl (C=O) groups is 1.